The van der Waals surface area contributed by atoms with Crippen LogP contribution in [0.25, 0.3) is 11.3 Å². The van der Waals surface area contributed by atoms with Crippen LogP contribution in [0, 0.1) is 0 Å². The molecule has 0 fully saturated rings. The van der Waals surface area contributed by atoms with E-state index < -0.39 is 0 Å². The Balaban J connectivity index is 2.70. The van der Waals surface area contributed by atoms with E-state index in [0.29, 0.717) is 17.2 Å². The van der Waals surface area contributed by atoms with Gasteiger partial charge in [-0.3, -0.25) is 0 Å². The highest BCUT2D eigenvalue weighted by atomic mass is 16.6. The normalized spacial score (nSPS) is 11.7. The Morgan fingerprint density at radius 3 is 2.67 bits per heavy atom. The van der Waals surface area contributed by atoms with Crippen molar-refractivity contribution in [3.8, 4) is 0 Å². The zero-order valence-electron chi connectivity index (χ0n) is 7.27. The Morgan fingerprint density at radius 1 is 1.33 bits per heavy atom. The maximum Gasteiger partial charge on any atom is 0.243 e. The van der Waals surface area contributed by atoms with E-state index in [0.717, 1.165) is 5.82 Å². The number of hydrogen-bond acceptors (Lipinski definition) is 4. The number of aromatic nitrogens is 4. The third kappa shape index (κ3) is 0.823. The summed E-state index contributed by atoms with van der Waals surface area (Å²) in [5, 5.41) is 7.40. The molecule has 2 rings (SSSR count). The van der Waals surface area contributed by atoms with Gasteiger partial charge in [-0.05, 0) is 10.3 Å². The lowest BCUT2D eigenvalue weighted by atomic mass is 10.2. The second-order valence-electron chi connectivity index (χ2n) is 3.10. The van der Waals surface area contributed by atoms with Crippen LogP contribution in [0.15, 0.2) is 4.63 Å². The summed E-state index contributed by atoms with van der Waals surface area (Å²) in [5.41, 5.74) is 1.29. The lowest BCUT2D eigenvalue weighted by Gasteiger charge is -2.02. The van der Waals surface area contributed by atoms with E-state index in [9.17, 15) is 0 Å². The molecule has 64 valence electrons. The summed E-state index contributed by atoms with van der Waals surface area (Å²) in [6, 6.07) is 0. The van der Waals surface area contributed by atoms with Crippen molar-refractivity contribution in [2.75, 3.05) is 0 Å². The van der Waals surface area contributed by atoms with E-state index in [2.05, 4.69) is 33.8 Å². The first-order chi connectivity index (χ1) is 5.70. The number of fused-ring (bicyclic) bond motifs is 1. The number of aryl methyl sites for hydroxylation is 1. The van der Waals surface area contributed by atoms with Crippen molar-refractivity contribution in [2.24, 2.45) is 7.05 Å². The summed E-state index contributed by atoms with van der Waals surface area (Å²) >= 11 is 0. The van der Waals surface area contributed by atoms with E-state index in [1.807, 2.05) is 11.6 Å². The van der Waals surface area contributed by atoms with Crippen molar-refractivity contribution in [1.82, 2.24) is 19.9 Å². The fourth-order valence-corrected chi connectivity index (χ4v) is 1.27. The van der Waals surface area contributed by atoms with Crippen LogP contribution in [-0.4, -0.2) is 19.9 Å². The van der Waals surface area contributed by atoms with Crippen molar-refractivity contribution in [3.05, 3.63) is 5.82 Å². The van der Waals surface area contributed by atoms with Crippen molar-refractivity contribution >= 4 is 11.3 Å². The molecule has 0 bridgehead atoms. The number of rotatable bonds is 1. The average molecular weight is 166 g/mol. The maximum atomic E-state index is 4.54. The van der Waals surface area contributed by atoms with Crippen LogP contribution in [0.1, 0.15) is 25.6 Å². The third-order valence-corrected chi connectivity index (χ3v) is 1.85. The summed E-state index contributed by atoms with van der Waals surface area (Å²) in [4.78, 5) is 4.27. The van der Waals surface area contributed by atoms with Gasteiger partial charge in [0.2, 0.25) is 11.3 Å². The van der Waals surface area contributed by atoms with Gasteiger partial charge in [0.05, 0.1) is 0 Å². The van der Waals surface area contributed by atoms with Crippen molar-refractivity contribution < 1.29 is 4.63 Å². The molecule has 2 heterocycles. The Morgan fingerprint density at radius 2 is 2.08 bits per heavy atom. The lowest BCUT2D eigenvalue weighted by molar-refractivity contribution is 0.311. The van der Waals surface area contributed by atoms with Gasteiger partial charge in [0.1, 0.15) is 5.82 Å². The summed E-state index contributed by atoms with van der Waals surface area (Å²) in [5.74, 6) is 1.36. The Hall–Kier alpha value is -1.39. The number of hydrogen-bond donors (Lipinski definition) is 0. The second kappa shape index (κ2) is 2.30. The van der Waals surface area contributed by atoms with Crippen LogP contribution in [0.4, 0.5) is 0 Å². The quantitative estimate of drug-likeness (QED) is 0.636. The molecule has 0 saturated carbocycles. The predicted molar refractivity (Wildman–Crippen MR) is 42.7 cm³/mol. The number of nitrogens with zero attached hydrogens (tertiary/aromatic N) is 4. The Labute approximate surface area is 69.3 Å². The summed E-state index contributed by atoms with van der Waals surface area (Å²) in [6.45, 7) is 4.16. The molecule has 0 saturated heterocycles. The van der Waals surface area contributed by atoms with Gasteiger partial charge >= 0.3 is 0 Å². The van der Waals surface area contributed by atoms with Crippen LogP contribution in [0.5, 0.6) is 0 Å². The first-order valence-corrected chi connectivity index (χ1v) is 3.85. The molecule has 2 aromatic rings. The van der Waals surface area contributed by atoms with Gasteiger partial charge in [-0.2, -0.15) is 0 Å². The van der Waals surface area contributed by atoms with Crippen LogP contribution in [0.2, 0.25) is 0 Å². The van der Waals surface area contributed by atoms with Crippen LogP contribution >= 0.6 is 0 Å². The molecule has 2 aromatic heterocycles. The molecule has 0 radical (unpaired) electrons. The standard InChI is InChI=1S/C7H10N4O/c1-4(2)6-8-5-7(11(6)3)10-12-9-5/h4H,1-3H3. The summed E-state index contributed by atoms with van der Waals surface area (Å²) in [6.07, 6.45) is 0. The van der Waals surface area contributed by atoms with Crippen molar-refractivity contribution in [3.63, 3.8) is 0 Å². The van der Waals surface area contributed by atoms with Gasteiger partial charge in [0, 0.05) is 13.0 Å². The van der Waals surface area contributed by atoms with Gasteiger partial charge in [-0.25, -0.2) is 9.61 Å². The molecule has 0 aliphatic carbocycles. The monoisotopic (exact) mass is 166 g/mol. The van der Waals surface area contributed by atoms with Crippen molar-refractivity contribution in [1.29, 1.82) is 0 Å². The molecule has 0 atom stereocenters. The maximum absolute atomic E-state index is 4.54. The first-order valence-electron chi connectivity index (χ1n) is 3.85. The van der Waals surface area contributed by atoms with Crippen molar-refractivity contribution in [2.45, 2.75) is 19.8 Å². The smallest absolute Gasteiger partial charge is 0.243 e. The largest absolute Gasteiger partial charge is 0.311 e. The molecule has 0 spiro atoms. The van der Waals surface area contributed by atoms with Gasteiger partial charge in [-0.1, -0.05) is 13.8 Å². The molecule has 0 aliphatic rings. The van der Waals surface area contributed by atoms with E-state index in [1.165, 1.54) is 0 Å². The molecule has 0 N–H and O–H groups in total. The summed E-state index contributed by atoms with van der Waals surface area (Å²) in [7, 11) is 1.91. The minimum Gasteiger partial charge on any atom is -0.311 e. The Bertz CT molecular complexity index is 400. The fraction of sp³-hybridized carbons (Fsp3) is 0.571. The zero-order valence-corrected chi connectivity index (χ0v) is 7.27. The van der Waals surface area contributed by atoms with Gasteiger partial charge in [0.25, 0.3) is 0 Å². The van der Waals surface area contributed by atoms with E-state index in [1.54, 1.807) is 0 Å². The zero-order chi connectivity index (χ0) is 8.72. The van der Waals surface area contributed by atoms with E-state index in [4.69, 9.17) is 0 Å². The fourth-order valence-electron chi connectivity index (χ4n) is 1.27. The highest BCUT2D eigenvalue weighted by Crippen LogP contribution is 2.16. The number of imidazole rings is 1. The second-order valence-corrected chi connectivity index (χ2v) is 3.10. The minimum absolute atomic E-state index is 0.381. The van der Waals surface area contributed by atoms with Gasteiger partial charge in [0.15, 0.2) is 0 Å². The van der Waals surface area contributed by atoms with Crippen LogP contribution in [-0.2, 0) is 7.05 Å². The highest BCUT2D eigenvalue weighted by molar-refractivity contribution is 5.64. The highest BCUT2D eigenvalue weighted by Gasteiger charge is 2.14. The molecule has 5 nitrogen and oxygen atoms in total. The molecular weight excluding hydrogens is 156 g/mol. The molecule has 5 heteroatoms. The van der Waals surface area contributed by atoms with E-state index in [-0.39, 0.29) is 0 Å². The van der Waals surface area contributed by atoms with E-state index >= 15 is 0 Å². The SMILES string of the molecule is CC(C)c1nc2nonc2n1C. The van der Waals surface area contributed by atoms with Crippen LogP contribution in [0.3, 0.4) is 0 Å². The predicted octanol–water partition coefficient (Wildman–Crippen LogP) is 1.08. The molecule has 0 unspecified atom stereocenters. The molecule has 0 aromatic carbocycles. The van der Waals surface area contributed by atoms with Gasteiger partial charge < -0.3 is 4.57 Å². The first kappa shape index (κ1) is 7.27. The molecule has 0 aliphatic heterocycles. The Kier molecular flexibility index (Phi) is 1.39. The molecule has 12 heavy (non-hydrogen) atoms. The average Bonchev–Trinajstić information content (AvgIpc) is 2.53. The molecular formula is C7H10N4O. The molecule has 0 amide bonds. The lowest BCUT2D eigenvalue weighted by Crippen LogP contribution is -1.99. The van der Waals surface area contributed by atoms with Crippen LogP contribution < -0.4 is 0 Å². The minimum atomic E-state index is 0.381. The summed E-state index contributed by atoms with van der Waals surface area (Å²) < 4.78 is 6.44. The third-order valence-electron chi connectivity index (χ3n) is 1.85. The topological polar surface area (TPSA) is 56.7 Å². The van der Waals surface area contributed by atoms with Gasteiger partial charge in [-0.15, -0.1) is 0 Å².